The van der Waals surface area contributed by atoms with Gasteiger partial charge in [-0.15, -0.1) is 0 Å². The molecule has 1 amide bonds. The molecule has 0 saturated heterocycles. The summed E-state index contributed by atoms with van der Waals surface area (Å²) in [5.41, 5.74) is 6.28. The van der Waals surface area contributed by atoms with Crippen molar-refractivity contribution < 1.29 is 9.90 Å². The summed E-state index contributed by atoms with van der Waals surface area (Å²) >= 11 is 0. The smallest absolute Gasteiger partial charge is 0.273 e. The van der Waals surface area contributed by atoms with Crippen LogP contribution in [0.25, 0.3) is 0 Å². The number of hydrogen-bond donors (Lipinski definition) is 3. The number of carbonyl (C=O) groups is 1. The molecule has 19 heavy (non-hydrogen) atoms. The van der Waals surface area contributed by atoms with Crippen LogP contribution in [-0.2, 0) is 6.54 Å². The molecule has 1 aliphatic carbocycles. The van der Waals surface area contributed by atoms with Gasteiger partial charge in [-0.3, -0.25) is 9.48 Å². The zero-order valence-electron chi connectivity index (χ0n) is 11.4. The molecule has 1 aromatic heterocycles. The average molecular weight is 266 g/mol. The van der Waals surface area contributed by atoms with E-state index in [9.17, 15) is 9.90 Å². The van der Waals surface area contributed by atoms with Crippen molar-refractivity contribution in [1.82, 2.24) is 15.1 Å². The van der Waals surface area contributed by atoms with Gasteiger partial charge < -0.3 is 16.2 Å². The molecule has 1 aliphatic rings. The van der Waals surface area contributed by atoms with E-state index in [0.29, 0.717) is 18.8 Å². The van der Waals surface area contributed by atoms with Crippen LogP contribution in [0.3, 0.4) is 0 Å². The zero-order valence-corrected chi connectivity index (χ0v) is 11.4. The third kappa shape index (κ3) is 2.89. The van der Waals surface area contributed by atoms with Crippen LogP contribution < -0.4 is 11.1 Å². The molecular formula is C13H22N4O2. The molecule has 0 spiro atoms. The number of aryl methyl sites for hydroxylation is 1. The molecule has 4 N–H and O–H groups in total. The second-order valence-corrected chi connectivity index (χ2v) is 5.34. The van der Waals surface area contributed by atoms with Gasteiger partial charge in [0.15, 0.2) is 5.69 Å². The van der Waals surface area contributed by atoms with Crippen LogP contribution in [0.15, 0.2) is 6.20 Å². The molecule has 0 radical (unpaired) electrons. The summed E-state index contributed by atoms with van der Waals surface area (Å²) in [6, 6.07) is 0. The Morgan fingerprint density at radius 1 is 1.58 bits per heavy atom. The van der Waals surface area contributed by atoms with E-state index in [1.165, 1.54) is 0 Å². The number of anilines is 1. The quantitative estimate of drug-likeness (QED) is 0.733. The Morgan fingerprint density at radius 3 is 2.79 bits per heavy atom. The monoisotopic (exact) mass is 266 g/mol. The van der Waals surface area contributed by atoms with Gasteiger partial charge in [0.25, 0.3) is 5.91 Å². The molecule has 2 rings (SSSR count). The number of amides is 1. The maximum Gasteiger partial charge on any atom is 0.273 e. The summed E-state index contributed by atoms with van der Waals surface area (Å²) in [4.78, 5) is 12.1. The molecule has 1 saturated carbocycles. The Balaban J connectivity index is 1.98. The Kier molecular flexibility index (Phi) is 4.09. The number of nitrogen functional groups attached to an aromatic ring is 1. The Morgan fingerprint density at radius 2 is 2.26 bits per heavy atom. The van der Waals surface area contributed by atoms with Crippen molar-refractivity contribution in [2.24, 2.45) is 5.41 Å². The van der Waals surface area contributed by atoms with Crippen molar-refractivity contribution in [2.45, 2.75) is 39.2 Å². The Labute approximate surface area is 113 Å². The van der Waals surface area contributed by atoms with Crippen molar-refractivity contribution in [2.75, 3.05) is 18.9 Å². The second-order valence-electron chi connectivity index (χ2n) is 5.34. The van der Waals surface area contributed by atoms with Crippen LogP contribution in [0, 0.1) is 5.41 Å². The molecule has 6 nitrogen and oxygen atoms in total. The van der Waals surface area contributed by atoms with Crippen molar-refractivity contribution in [3.63, 3.8) is 0 Å². The van der Waals surface area contributed by atoms with E-state index in [-0.39, 0.29) is 23.6 Å². The normalized spacial score (nSPS) is 17.6. The van der Waals surface area contributed by atoms with Crippen LogP contribution in [0.2, 0.25) is 0 Å². The van der Waals surface area contributed by atoms with Gasteiger partial charge in [0.1, 0.15) is 0 Å². The maximum atomic E-state index is 12.1. The van der Waals surface area contributed by atoms with Gasteiger partial charge in [-0.25, -0.2) is 0 Å². The zero-order chi connectivity index (χ0) is 13.9. The van der Waals surface area contributed by atoms with Crippen molar-refractivity contribution >= 4 is 11.6 Å². The molecule has 6 heteroatoms. The molecule has 0 unspecified atom stereocenters. The largest absolute Gasteiger partial charge is 0.396 e. The number of aromatic nitrogens is 2. The molecule has 1 fully saturated rings. The summed E-state index contributed by atoms with van der Waals surface area (Å²) in [6.45, 7) is 3.22. The van der Waals surface area contributed by atoms with Gasteiger partial charge in [0, 0.05) is 24.7 Å². The molecule has 1 aromatic rings. The van der Waals surface area contributed by atoms with E-state index >= 15 is 0 Å². The number of nitrogens with one attached hydrogen (secondary N) is 1. The van der Waals surface area contributed by atoms with Crippen LogP contribution in [0.1, 0.15) is 43.1 Å². The molecular weight excluding hydrogens is 244 g/mol. The van der Waals surface area contributed by atoms with Gasteiger partial charge >= 0.3 is 0 Å². The van der Waals surface area contributed by atoms with E-state index in [0.717, 1.165) is 25.7 Å². The van der Waals surface area contributed by atoms with Crippen LogP contribution in [0.4, 0.5) is 5.69 Å². The lowest BCUT2D eigenvalue weighted by Crippen LogP contribution is -2.38. The highest BCUT2D eigenvalue weighted by atomic mass is 16.3. The molecule has 0 bridgehead atoms. The van der Waals surface area contributed by atoms with E-state index < -0.39 is 0 Å². The van der Waals surface area contributed by atoms with Gasteiger partial charge in [0.2, 0.25) is 0 Å². The van der Waals surface area contributed by atoms with Gasteiger partial charge in [-0.1, -0.05) is 12.8 Å². The predicted octanol–water partition coefficient (Wildman–Crippen LogP) is 0.768. The second kappa shape index (κ2) is 5.61. The number of carbonyl (C=O) groups excluding carboxylic acids is 1. The van der Waals surface area contributed by atoms with E-state index in [1.807, 2.05) is 6.92 Å². The van der Waals surface area contributed by atoms with E-state index in [1.54, 1.807) is 10.9 Å². The maximum absolute atomic E-state index is 12.1. The average Bonchev–Trinajstić information content (AvgIpc) is 3.03. The minimum Gasteiger partial charge on any atom is -0.396 e. The standard InChI is InChI=1S/C13H22N4O2/c1-2-17-7-10(14)11(16-17)12(19)15-8-13(9-18)5-3-4-6-13/h7,18H,2-6,8-9,14H2,1H3,(H,15,19). The van der Waals surface area contributed by atoms with Gasteiger partial charge in [-0.2, -0.15) is 5.10 Å². The minimum absolute atomic E-state index is 0.117. The fourth-order valence-corrected chi connectivity index (χ4v) is 2.64. The van der Waals surface area contributed by atoms with Gasteiger partial charge in [0.05, 0.1) is 12.3 Å². The van der Waals surface area contributed by atoms with Crippen molar-refractivity contribution in [1.29, 1.82) is 0 Å². The fourth-order valence-electron chi connectivity index (χ4n) is 2.64. The third-order valence-corrected chi connectivity index (χ3v) is 3.95. The Bertz CT molecular complexity index is 449. The molecule has 1 heterocycles. The van der Waals surface area contributed by atoms with Gasteiger partial charge in [-0.05, 0) is 19.8 Å². The summed E-state index contributed by atoms with van der Waals surface area (Å²) in [6.07, 6.45) is 5.81. The first-order chi connectivity index (χ1) is 9.10. The summed E-state index contributed by atoms with van der Waals surface area (Å²) < 4.78 is 1.64. The SMILES string of the molecule is CCn1cc(N)c(C(=O)NCC2(CO)CCCC2)n1. The van der Waals surface area contributed by atoms with Crippen LogP contribution >= 0.6 is 0 Å². The first-order valence-corrected chi connectivity index (χ1v) is 6.82. The number of nitrogens with two attached hydrogens (primary N) is 1. The lowest BCUT2D eigenvalue weighted by atomic mass is 9.87. The highest BCUT2D eigenvalue weighted by Crippen LogP contribution is 2.36. The number of aliphatic hydroxyl groups excluding tert-OH is 1. The van der Waals surface area contributed by atoms with E-state index in [2.05, 4.69) is 10.4 Å². The first-order valence-electron chi connectivity index (χ1n) is 6.82. The van der Waals surface area contributed by atoms with Crippen molar-refractivity contribution in [3.05, 3.63) is 11.9 Å². The molecule has 0 atom stereocenters. The lowest BCUT2D eigenvalue weighted by Gasteiger charge is -2.26. The highest BCUT2D eigenvalue weighted by molar-refractivity contribution is 5.97. The summed E-state index contributed by atoms with van der Waals surface area (Å²) in [5.74, 6) is -0.260. The molecule has 106 valence electrons. The molecule has 0 aromatic carbocycles. The number of nitrogens with zero attached hydrogens (tertiary/aromatic N) is 2. The summed E-state index contributed by atoms with van der Waals surface area (Å²) in [5, 5.41) is 16.5. The number of rotatable bonds is 5. The highest BCUT2D eigenvalue weighted by Gasteiger charge is 2.33. The van der Waals surface area contributed by atoms with Crippen molar-refractivity contribution in [3.8, 4) is 0 Å². The topological polar surface area (TPSA) is 93.2 Å². The fraction of sp³-hybridized carbons (Fsp3) is 0.692. The van der Waals surface area contributed by atoms with Crippen LogP contribution in [-0.4, -0.2) is 33.9 Å². The van der Waals surface area contributed by atoms with E-state index in [4.69, 9.17) is 5.73 Å². The predicted molar refractivity (Wildman–Crippen MR) is 72.6 cm³/mol. The number of aliphatic hydroxyl groups is 1. The first kappa shape index (κ1) is 13.9. The third-order valence-electron chi connectivity index (χ3n) is 3.95. The van der Waals surface area contributed by atoms with Crippen LogP contribution in [0.5, 0.6) is 0 Å². The lowest BCUT2D eigenvalue weighted by molar-refractivity contribution is 0.0876. The summed E-state index contributed by atoms with van der Waals surface area (Å²) in [7, 11) is 0. The number of hydrogen-bond acceptors (Lipinski definition) is 4. The Hall–Kier alpha value is -1.56. The molecule has 0 aliphatic heterocycles. The minimum atomic E-state index is -0.260.